The van der Waals surface area contributed by atoms with Crippen LogP contribution in [0.4, 0.5) is 9.18 Å². The number of aromatic nitrogens is 3. The van der Waals surface area contributed by atoms with E-state index >= 15 is 0 Å². The minimum atomic E-state index is -0.261. The highest BCUT2D eigenvalue weighted by Crippen LogP contribution is 2.12. The lowest BCUT2D eigenvalue weighted by molar-refractivity contribution is 0.190. The highest BCUT2D eigenvalue weighted by atomic mass is 19.1. The zero-order valence-corrected chi connectivity index (χ0v) is 15.2. The van der Waals surface area contributed by atoms with Gasteiger partial charge in [0.1, 0.15) is 11.6 Å². The van der Waals surface area contributed by atoms with Crippen molar-refractivity contribution < 1.29 is 9.18 Å². The monoisotopic (exact) mass is 367 g/mol. The second-order valence-electron chi connectivity index (χ2n) is 6.15. The van der Waals surface area contributed by atoms with E-state index in [1.54, 1.807) is 35.6 Å². The van der Waals surface area contributed by atoms with Gasteiger partial charge in [0.2, 0.25) is 0 Å². The molecule has 0 atom stereocenters. The molecule has 1 N–H and O–H groups in total. The molecule has 0 saturated heterocycles. The van der Waals surface area contributed by atoms with E-state index in [0.717, 1.165) is 17.0 Å². The van der Waals surface area contributed by atoms with Crippen molar-refractivity contribution in [2.75, 3.05) is 6.54 Å². The van der Waals surface area contributed by atoms with Crippen LogP contribution in [-0.4, -0.2) is 32.0 Å². The predicted octanol–water partition coefficient (Wildman–Crippen LogP) is 3.20. The first-order valence-corrected chi connectivity index (χ1v) is 8.82. The largest absolute Gasteiger partial charge is 0.338 e. The molecule has 0 aliphatic rings. The van der Waals surface area contributed by atoms with Gasteiger partial charge in [-0.3, -0.25) is 4.98 Å². The van der Waals surface area contributed by atoms with Gasteiger partial charge in [-0.15, -0.1) is 0 Å². The van der Waals surface area contributed by atoms with Gasteiger partial charge < -0.3 is 14.8 Å². The predicted molar refractivity (Wildman–Crippen MR) is 100 cm³/mol. The molecule has 2 heterocycles. The van der Waals surface area contributed by atoms with Crippen molar-refractivity contribution in [1.82, 2.24) is 24.8 Å². The molecule has 0 aliphatic carbocycles. The summed E-state index contributed by atoms with van der Waals surface area (Å²) in [6.45, 7) is 3.78. The molecule has 0 spiro atoms. The lowest BCUT2D eigenvalue weighted by Gasteiger charge is -2.23. The van der Waals surface area contributed by atoms with Gasteiger partial charge in [0.05, 0.1) is 6.54 Å². The molecule has 2 aromatic heterocycles. The van der Waals surface area contributed by atoms with E-state index in [4.69, 9.17) is 0 Å². The van der Waals surface area contributed by atoms with Crippen LogP contribution >= 0.6 is 0 Å². The van der Waals surface area contributed by atoms with Gasteiger partial charge in [-0.1, -0.05) is 18.2 Å². The van der Waals surface area contributed by atoms with Crippen LogP contribution in [0.3, 0.4) is 0 Å². The highest BCUT2D eigenvalue weighted by molar-refractivity contribution is 5.74. The lowest BCUT2D eigenvalue weighted by atomic mass is 10.2. The number of imidazole rings is 1. The smallest absolute Gasteiger partial charge is 0.318 e. The summed E-state index contributed by atoms with van der Waals surface area (Å²) in [4.78, 5) is 22.7. The average molecular weight is 367 g/mol. The summed E-state index contributed by atoms with van der Waals surface area (Å²) in [6.07, 6.45) is 7.02. The van der Waals surface area contributed by atoms with Crippen molar-refractivity contribution in [3.8, 4) is 0 Å². The summed E-state index contributed by atoms with van der Waals surface area (Å²) >= 11 is 0. The maximum Gasteiger partial charge on any atom is 0.318 e. The number of hydrogen-bond donors (Lipinski definition) is 1. The zero-order valence-electron chi connectivity index (χ0n) is 15.2. The van der Waals surface area contributed by atoms with Gasteiger partial charge in [0, 0.05) is 44.4 Å². The number of hydrogen-bond acceptors (Lipinski definition) is 3. The Morgan fingerprint density at radius 2 is 1.96 bits per heavy atom. The second kappa shape index (κ2) is 8.93. The third kappa shape index (κ3) is 5.13. The van der Waals surface area contributed by atoms with Crippen LogP contribution in [0.1, 0.15) is 23.9 Å². The molecule has 0 radical (unpaired) electrons. The van der Waals surface area contributed by atoms with Gasteiger partial charge >= 0.3 is 6.03 Å². The molecule has 0 unspecified atom stereocenters. The summed E-state index contributed by atoms with van der Waals surface area (Å²) in [5, 5.41) is 2.84. The van der Waals surface area contributed by atoms with Crippen LogP contribution in [-0.2, 0) is 19.6 Å². The summed E-state index contributed by atoms with van der Waals surface area (Å²) < 4.78 is 15.1. The van der Waals surface area contributed by atoms with Gasteiger partial charge in [0.25, 0.3) is 0 Å². The summed E-state index contributed by atoms with van der Waals surface area (Å²) in [7, 11) is 0. The van der Waals surface area contributed by atoms with E-state index < -0.39 is 0 Å². The molecule has 6 nitrogen and oxygen atoms in total. The van der Waals surface area contributed by atoms with E-state index in [2.05, 4.69) is 15.3 Å². The van der Waals surface area contributed by atoms with E-state index in [1.807, 2.05) is 29.8 Å². The summed E-state index contributed by atoms with van der Waals surface area (Å²) in [6, 6.07) is 10.0. The standard InChI is InChI=1S/C20H22FN5O/c1-2-23-20(27)26(14-17-4-3-9-22-12-17)15-19-24-10-11-25(19)13-16-5-7-18(21)8-6-16/h3-12H,2,13-15H2,1H3,(H,23,27). The zero-order chi connectivity index (χ0) is 19.1. The maximum atomic E-state index is 13.1. The molecular formula is C20H22FN5O. The second-order valence-corrected chi connectivity index (χ2v) is 6.15. The van der Waals surface area contributed by atoms with Crippen LogP contribution in [0.2, 0.25) is 0 Å². The minimum Gasteiger partial charge on any atom is -0.338 e. The number of benzene rings is 1. The first-order chi connectivity index (χ1) is 13.2. The first kappa shape index (κ1) is 18.6. The number of nitrogens with zero attached hydrogens (tertiary/aromatic N) is 4. The number of carbonyl (C=O) groups is 1. The van der Waals surface area contributed by atoms with Crippen molar-refractivity contribution in [3.05, 3.63) is 84.0 Å². The summed E-state index contributed by atoms with van der Waals surface area (Å²) in [5.41, 5.74) is 1.91. The molecule has 2 amide bonds. The number of rotatable bonds is 7. The van der Waals surface area contributed by atoms with E-state index in [1.165, 1.54) is 12.1 Å². The third-order valence-corrected chi connectivity index (χ3v) is 4.11. The van der Waals surface area contributed by atoms with Crippen LogP contribution in [0, 0.1) is 5.82 Å². The van der Waals surface area contributed by atoms with Crippen molar-refractivity contribution in [3.63, 3.8) is 0 Å². The van der Waals surface area contributed by atoms with Crippen LogP contribution < -0.4 is 5.32 Å². The van der Waals surface area contributed by atoms with Crippen molar-refractivity contribution in [1.29, 1.82) is 0 Å². The normalized spacial score (nSPS) is 10.6. The molecule has 27 heavy (non-hydrogen) atoms. The van der Waals surface area contributed by atoms with Gasteiger partial charge in [-0.2, -0.15) is 0 Å². The topological polar surface area (TPSA) is 63.1 Å². The fourth-order valence-electron chi connectivity index (χ4n) is 2.77. The highest BCUT2D eigenvalue weighted by Gasteiger charge is 2.17. The molecule has 0 bridgehead atoms. The number of halogens is 1. The molecule has 0 aliphatic heterocycles. The third-order valence-electron chi connectivity index (χ3n) is 4.11. The van der Waals surface area contributed by atoms with Crippen LogP contribution in [0.5, 0.6) is 0 Å². The van der Waals surface area contributed by atoms with Crippen molar-refractivity contribution in [2.45, 2.75) is 26.6 Å². The maximum absolute atomic E-state index is 13.1. The Hall–Kier alpha value is -3.22. The Bertz CT molecular complexity index is 864. The van der Waals surface area contributed by atoms with Gasteiger partial charge in [-0.05, 0) is 36.2 Å². The fourth-order valence-corrected chi connectivity index (χ4v) is 2.77. The van der Waals surface area contributed by atoms with Crippen LogP contribution in [0.25, 0.3) is 0 Å². The van der Waals surface area contributed by atoms with Gasteiger partial charge in [0.15, 0.2) is 0 Å². The first-order valence-electron chi connectivity index (χ1n) is 8.82. The Balaban J connectivity index is 1.76. The quantitative estimate of drug-likeness (QED) is 0.698. The molecule has 7 heteroatoms. The summed E-state index contributed by atoms with van der Waals surface area (Å²) in [5.74, 6) is 0.498. The molecular weight excluding hydrogens is 345 g/mol. The Morgan fingerprint density at radius 1 is 1.15 bits per heavy atom. The fraction of sp³-hybridized carbons (Fsp3) is 0.250. The van der Waals surface area contributed by atoms with E-state index in [0.29, 0.717) is 26.2 Å². The Labute approximate surface area is 157 Å². The van der Waals surface area contributed by atoms with E-state index in [9.17, 15) is 9.18 Å². The number of carbonyl (C=O) groups excluding carboxylic acids is 1. The molecule has 1 aromatic carbocycles. The Kier molecular flexibility index (Phi) is 6.14. The minimum absolute atomic E-state index is 0.155. The Morgan fingerprint density at radius 3 is 2.67 bits per heavy atom. The van der Waals surface area contributed by atoms with Crippen LogP contribution in [0.15, 0.2) is 61.2 Å². The van der Waals surface area contributed by atoms with Crippen molar-refractivity contribution in [2.24, 2.45) is 0 Å². The molecule has 140 valence electrons. The molecule has 0 fully saturated rings. The SMILES string of the molecule is CCNC(=O)N(Cc1cccnc1)Cc1nccn1Cc1ccc(F)cc1. The number of urea groups is 1. The number of amides is 2. The van der Waals surface area contributed by atoms with Gasteiger partial charge in [-0.25, -0.2) is 14.2 Å². The lowest BCUT2D eigenvalue weighted by Crippen LogP contribution is -2.39. The molecule has 3 rings (SSSR count). The molecule has 0 saturated carbocycles. The van der Waals surface area contributed by atoms with Crippen molar-refractivity contribution >= 4 is 6.03 Å². The average Bonchev–Trinajstić information content (AvgIpc) is 3.11. The van der Waals surface area contributed by atoms with E-state index in [-0.39, 0.29) is 11.8 Å². The molecule has 3 aromatic rings. The number of pyridine rings is 1. The number of nitrogens with one attached hydrogen (secondary N) is 1.